The fourth-order valence-electron chi connectivity index (χ4n) is 2.95. The summed E-state index contributed by atoms with van der Waals surface area (Å²) in [5, 5.41) is 0. The molecule has 2 aliphatic rings. The van der Waals surface area contributed by atoms with E-state index in [9.17, 15) is 9.18 Å². The van der Waals surface area contributed by atoms with Gasteiger partial charge in [-0.15, -0.1) is 0 Å². The average Bonchev–Trinajstić information content (AvgIpc) is 2.27. The molecular weight excluding hydrogens is 203 g/mol. The predicted molar refractivity (Wildman–Crippen MR) is 62.9 cm³/mol. The third-order valence-electron chi connectivity index (χ3n) is 4.51. The molecule has 2 aliphatic carbocycles. The lowest BCUT2D eigenvalue weighted by Crippen LogP contribution is -2.46. The second kappa shape index (κ2) is 3.54. The van der Waals surface area contributed by atoms with Crippen LogP contribution in [0.3, 0.4) is 0 Å². The zero-order valence-corrected chi connectivity index (χ0v) is 10.2. The molecule has 0 aromatic heterocycles. The number of rotatable bonds is 1. The molecule has 0 aliphatic heterocycles. The van der Waals surface area contributed by atoms with E-state index in [0.717, 1.165) is 24.8 Å². The van der Waals surface area contributed by atoms with E-state index in [1.54, 1.807) is 12.2 Å². The van der Waals surface area contributed by atoms with Gasteiger partial charge in [0.05, 0.1) is 0 Å². The molecule has 0 unspecified atom stereocenters. The molecule has 0 amide bonds. The van der Waals surface area contributed by atoms with Crippen LogP contribution in [0.1, 0.15) is 40.0 Å². The molecule has 3 atom stereocenters. The molecule has 0 saturated heterocycles. The number of hydrogen-bond donors (Lipinski definition) is 0. The lowest BCUT2D eigenvalue weighted by atomic mass is 9.57. The zero-order valence-electron chi connectivity index (χ0n) is 10.2. The molecule has 2 heteroatoms. The first kappa shape index (κ1) is 11.6. The number of fused-ring (bicyclic) bond motifs is 1. The van der Waals surface area contributed by atoms with E-state index in [4.69, 9.17) is 0 Å². The van der Waals surface area contributed by atoms with Crippen molar-refractivity contribution in [2.24, 2.45) is 10.8 Å². The van der Waals surface area contributed by atoms with Crippen LogP contribution in [0.4, 0.5) is 4.39 Å². The molecule has 0 aromatic rings. The summed E-state index contributed by atoms with van der Waals surface area (Å²) in [6.45, 7) is 5.98. The monoisotopic (exact) mass is 222 g/mol. The lowest BCUT2D eigenvalue weighted by molar-refractivity contribution is -0.111. The highest BCUT2D eigenvalue weighted by molar-refractivity contribution is 6.01. The molecule has 16 heavy (non-hydrogen) atoms. The van der Waals surface area contributed by atoms with Gasteiger partial charge < -0.3 is 0 Å². The maximum absolute atomic E-state index is 14.7. The fourth-order valence-corrected chi connectivity index (χ4v) is 2.95. The summed E-state index contributed by atoms with van der Waals surface area (Å²) < 4.78 is 14.7. The SMILES string of the molecule is CC[C@@]1(C)CCC2=CC(=O)C=C[C@]2(C)[C@@H]1F. The predicted octanol–water partition coefficient (Wildman–Crippen LogP) is 3.61. The van der Waals surface area contributed by atoms with E-state index in [-0.39, 0.29) is 11.2 Å². The molecule has 2 rings (SSSR count). The van der Waals surface area contributed by atoms with Gasteiger partial charge in [0, 0.05) is 5.41 Å². The van der Waals surface area contributed by atoms with E-state index in [1.165, 1.54) is 6.08 Å². The molecule has 1 saturated carbocycles. The summed E-state index contributed by atoms with van der Waals surface area (Å²) in [6.07, 6.45) is 6.54. The van der Waals surface area contributed by atoms with E-state index in [0.29, 0.717) is 0 Å². The summed E-state index contributed by atoms with van der Waals surface area (Å²) in [4.78, 5) is 11.3. The van der Waals surface area contributed by atoms with Gasteiger partial charge in [0.2, 0.25) is 0 Å². The molecular formula is C14H19FO. The van der Waals surface area contributed by atoms with Gasteiger partial charge in [-0.1, -0.05) is 25.5 Å². The molecule has 88 valence electrons. The Balaban J connectivity index is 2.41. The van der Waals surface area contributed by atoms with E-state index >= 15 is 0 Å². The Morgan fingerprint density at radius 3 is 2.81 bits per heavy atom. The Bertz CT molecular complexity index is 382. The number of allylic oxidation sites excluding steroid dienone is 4. The third-order valence-corrected chi connectivity index (χ3v) is 4.51. The minimum atomic E-state index is -0.894. The van der Waals surface area contributed by atoms with Crippen LogP contribution >= 0.6 is 0 Å². The summed E-state index contributed by atoms with van der Waals surface area (Å²) in [5.74, 6) is -0.000207. The molecule has 1 nitrogen and oxygen atoms in total. The lowest BCUT2D eigenvalue weighted by Gasteiger charge is -2.48. The highest BCUT2D eigenvalue weighted by Crippen LogP contribution is 2.54. The molecule has 0 N–H and O–H groups in total. The summed E-state index contributed by atoms with van der Waals surface area (Å²) >= 11 is 0. The average molecular weight is 222 g/mol. The third kappa shape index (κ3) is 1.47. The summed E-state index contributed by atoms with van der Waals surface area (Å²) in [6, 6.07) is 0. The number of hydrogen-bond acceptors (Lipinski definition) is 1. The van der Waals surface area contributed by atoms with Crippen LogP contribution in [-0.4, -0.2) is 12.0 Å². The minimum Gasteiger partial charge on any atom is -0.290 e. The minimum absolute atomic E-state index is 0.000207. The number of alkyl halides is 1. The van der Waals surface area contributed by atoms with Crippen molar-refractivity contribution in [3.05, 3.63) is 23.8 Å². The van der Waals surface area contributed by atoms with Crippen molar-refractivity contribution in [2.45, 2.75) is 46.2 Å². The summed E-state index contributed by atoms with van der Waals surface area (Å²) in [5.41, 5.74) is 0.159. The maximum atomic E-state index is 14.7. The van der Waals surface area contributed by atoms with Crippen LogP contribution in [0.25, 0.3) is 0 Å². The van der Waals surface area contributed by atoms with Gasteiger partial charge in [0.25, 0.3) is 0 Å². The summed E-state index contributed by atoms with van der Waals surface area (Å²) in [7, 11) is 0. The van der Waals surface area contributed by atoms with Gasteiger partial charge in [-0.3, -0.25) is 4.79 Å². The molecule has 0 radical (unpaired) electrons. The molecule has 0 heterocycles. The van der Waals surface area contributed by atoms with Crippen LogP contribution in [0.15, 0.2) is 23.8 Å². The van der Waals surface area contributed by atoms with Crippen LogP contribution in [0.2, 0.25) is 0 Å². The van der Waals surface area contributed by atoms with Crippen LogP contribution < -0.4 is 0 Å². The second-order valence-electron chi connectivity index (χ2n) is 5.56. The van der Waals surface area contributed by atoms with Crippen molar-refractivity contribution in [1.82, 2.24) is 0 Å². The quantitative estimate of drug-likeness (QED) is 0.662. The standard InChI is InChI=1S/C14H19FO/c1-4-13(2)7-5-10-9-11(16)6-8-14(10,3)12(13)15/h6,8-9,12H,4-5,7H2,1-3H3/t12-,13+,14+/m1/s1. The Hall–Kier alpha value is -0.920. The molecule has 0 spiro atoms. The van der Waals surface area contributed by atoms with Gasteiger partial charge in [-0.2, -0.15) is 0 Å². The van der Waals surface area contributed by atoms with Crippen molar-refractivity contribution in [1.29, 1.82) is 0 Å². The smallest absolute Gasteiger partial charge is 0.178 e. The zero-order chi connectivity index (χ0) is 12.0. The van der Waals surface area contributed by atoms with Gasteiger partial charge >= 0.3 is 0 Å². The van der Waals surface area contributed by atoms with Crippen molar-refractivity contribution >= 4 is 5.78 Å². The first-order chi connectivity index (χ1) is 7.42. The molecule has 1 fully saturated rings. The van der Waals surface area contributed by atoms with Crippen molar-refractivity contribution in [2.75, 3.05) is 0 Å². The van der Waals surface area contributed by atoms with E-state index < -0.39 is 11.6 Å². The van der Waals surface area contributed by atoms with E-state index in [2.05, 4.69) is 0 Å². The van der Waals surface area contributed by atoms with Crippen LogP contribution in [-0.2, 0) is 4.79 Å². The first-order valence-electron chi connectivity index (χ1n) is 6.01. The van der Waals surface area contributed by atoms with Crippen molar-refractivity contribution in [3.8, 4) is 0 Å². The van der Waals surface area contributed by atoms with Gasteiger partial charge in [0.1, 0.15) is 6.17 Å². The van der Waals surface area contributed by atoms with Gasteiger partial charge in [0.15, 0.2) is 5.78 Å². The fraction of sp³-hybridized carbons (Fsp3) is 0.643. The highest BCUT2D eigenvalue weighted by Gasteiger charge is 2.50. The Morgan fingerprint density at radius 2 is 2.19 bits per heavy atom. The van der Waals surface area contributed by atoms with Gasteiger partial charge in [-0.05, 0) is 43.8 Å². The largest absolute Gasteiger partial charge is 0.290 e. The van der Waals surface area contributed by atoms with Crippen LogP contribution in [0.5, 0.6) is 0 Å². The Kier molecular flexibility index (Phi) is 2.56. The first-order valence-corrected chi connectivity index (χ1v) is 6.01. The molecule has 0 aromatic carbocycles. The van der Waals surface area contributed by atoms with Gasteiger partial charge in [-0.25, -0.2) is 4.39 Å². The second-order valence-corrected chi connectivity index (χ2v) is 5.56. The Morgan fingerprint density at radius 1 is 1.50 bits per heavy atom. The van der Waals surface area contributed by atoms with E-state index in [1.807, 2.05) is 20.8 Å². The number of ketones is 1. The highest BCUT2D eigenvalue weighted by atomic mass is 19.1. The number of halogens is 1. The normalized spacial score (nSPS) is 42.9. The molecule has 0 bridgehead atoms. The number of carbonyl (C=O) groups excluding carboxylic acids is 1. The van der Waals surface area contributed by atoms with Crippen LogP contribution in [0, 0.1) is 10.8 Å². The topological polar surface area (TPSA) is 17.1 Å². The maximum Gasteiger partial charge on any atom is 0.178 e. The Labute approximate surface area is 96.4 Å². The number of carbonyl (C=O) groups is 1. The van der Waals surface area contributed by atoms with Crippen molar-refractivity contribution < 1.29 is 9.18 Å². The van der Waals surface area contributed by atoms with Crippen molar-refractivity contribution in [3.63, 3.8) is 0 Å².